The average Bonchev–Trinajstić information content (AvgIpc) is 3.16. The van der Waals surface area contributed by atoms with Gasteiger partial charge in [-0.05, 0) is 35.7 Å². The Morgan fingerprint density at radius 1 is 1.11 bits per heavy atom. The molecule has 7 heteroatoms. The summed E-state index contributed by atoms with van der Waals surface area (Å²) in [4.78, 5) is 0.147. The number of hydrogen-bond donors (Lipinski definition) is 0. The van der Waals surface area contributed by atoms with E-state index in [0.717, 1.165) is 22.6 Å². The summed E-state index contributed by atoms with van der Waals surface area (Å²) in [5.41, 5.74) is 1.82. The number of benzene rings is 2. The molecule has 0 N–H and O–H groups in total. The second-order valence-corrected chi connectivity index (χ2v) is 7.85. The lowest BCUT2D eigenvalue weighted by Crippen LogP contribution is -2.01. The maximum Gasteiger partial charge on any atom is 0.247 e. The van der Waals surface area contributed by atoms with Crippen LogP contribution in [-0.4, -0.2) is 18.6 Å². The monoisotopic (exact) mass is 379 g/mol. The molecular formula is C20H17N3O3S. The number of nitrogens with zero attached hydrogens (tertiary/aromatic N) is 3. The van der Waals surface area contributed by atoms with Crippen molar-refractivity contribution in [1.29, 1.82) is 5.26 Å². The molecule has 0 amide bonds. The Hall–Kier alpha value is -3.24. The molecule has 2 aromatic carbocycles. The first-order valence-corrected chi connectivity index (χ1v) is 9.83. The van der Waals surface area contributed by atoms with Gasteiger partial charge in [-0.3, -0.25) is 0 Å². The predicted molar refractivity (Wildman–Crippen MR) is 100 cm³/mol. The third-order valence-electron chi connectivity index (χ3n) is 4.07. The summed E-state index contributed by atoms with van der Waals surface area (Å²) in [6, 6.07) is 17.8. The van der Waals surface area contributed by atoms with Crippen LogP contribution in [0.3, 0.4) is 0 Å². The Kier molecular flexibility index (Phi) is 5.48. The summed E-state index contributed by atoms with van der Waals surface area (Å²) < 4.78 is 29.8. The number of rotatable bonds is 6. The van der Waals surface area contributed by atoms with Crippen LogP contribution in [0.15, 0.2) is 75.4 Å². The van der Waals surface area contributed by atoms with E-state index in [0.29, 0.717) is 18.2 Å². The Balaban J connectivity index is 1.72. The van der Waals surface area contributed by atoms with E-state index in [1.54, 1.807) is 18.2 Å². The van der Waals surface area contributed by atoms with Gasteiger partial charge >= 0.3 is 0 Å². The van der Waals surface area contributed by atoms with E-state index in [1.165, 1.54) is 12.1 Å². The Bertz CT molecular complexity index is 1080. The van der Waals surface area contributed by atoms with Gasteiger partial charge in [0.25, 0.3) is 0 Å². The molecule has 0 aliphatic carbocycles. The van der Waals surface area contributed by atoms with E-state index in [2.05, 4.69) is 10.2 Å². The first kappa shape index (κ1) is 18.5. The van der Waals surface area contributed by atoms with Gasteiger partial charge in [0.05, 0.1) is 11.0 Å². The Morgan fingerprint density at radius 2 is 1.81 bits per heavy atom. The van der Waals surface area contributed by atoms with Gasteiger partial charge in [-0.15, -0.1) is 10.2 Å². The molecule has 0 aliphatic heterocycles. The standard InChI is InChI=1S/C20H17N3O3S/c1-15(14-19-22-23-20(26-19)17-6-3-2-4-7-17)16-8-10-18(11-9-16)27(24,25)13-5-12-21/h2-11,13,15H,14H2,1H3/b13-5+. The third-order valence-corrected chi connectivity index (χ3v) is 5.49. The van der Waals surface area contributed by atoms with E-state index >= 15 is 0 Å². The van der Waals surface area contributed by atoms with Crippen LogP contribution in [0.1, 0.15) is 24.3 Å². The van der Waals surface area contributed by atoms with Crippen molar-refractivity contribution in [2.24, 2.45) is 0 Å². The maximum absolute atomic E-state index is 12.0. The van der Waals surface area contributed by atoms with Crippen molar-refractivity contribution in [3.05, 3.63) is 77.5 Å². The second-order valence-electron chi connectivity index (χ2n) is 6.02. The molecule has 1 heterocycles. The van der Waals surface area contributed by atoms with Crippen LogP contribution >= 0.6 is 0 Å². The molecule has 1 unspecified atom stereocenters. The van der Waals surface area contributed by atoms with E-state index in [-0.39, 0.29) is 10.8 Å². The van der Waals surface area contributed by atoms with E-state index in [9.17, 15) is 8.42 Å². The van der Waals surface area contributed by atoms with Crippen molar-refractivity contribution in [3.63, 3.8) is 0 Å². The van der Waals surface area contributed by atoms with Gasteiger partial charge in [0.1, 0.15) is 0 Å². The highest BCUT2D eigenvalue weighted by Gasteiger charge is 2.15. The fraction of sp³-hybridized carbons (Fsp3) is 0.150. The minimum atomic E-state index is -3.59. The van der Waals surface area contributed by atoms with E-state index in [1.807, 2.05) is 37.3 Å². The normalized spacial score (nSPS) is 12.7. The molecule has 0 saturated carbocycles. The van der Waals surface area contributed by atoms with Crippen molar-refractivity contribution in [1.82, 2.24) is 10.2 Å². The van der Waals surface area contributed by atoms with Gasteiger partial charge in [-0.1, -0.05) is 37.3 Å². The number of hydrogen-bond acceptors (Lipinski definition) is 6. The van der Waals surface area contributed by atoms with Crippen LogP contribution in [0.4, 0.5) is 0 Å². The second kappa shape index (κ2) is 7.98. The number of sulfone groups is 1. The highest BCUT2D eigenvalue weighted by molar-refractivity contribution is 7.94. The fourth-order valence-electron chi connectivity index (χ4n) is 2.60. The number of allylic oxidation sites excluding steroid dienone is 1. The zero-order valence-electron chi connectivity index (χ0n) is 14.6. The molecular weight excluding hydrogens is 362 g/mol. The largest absolute Gasteiger partial charge is 0.421 e. The van der Waals surface area contributed by atoms with Crippen LogP contribution in [0, 0.1) is 11.3 Å². The molecule has 1 atom stereocenters. The molecule has 27 heavy (non-hydrogen) atoms. The van der Waals surface area contributed by atoms with Crippen molar-refractivity contribution in [2.75, 3.05) is 0 Å². The van der Waals surface area contributed by atoms with Gasteiger partial charge < -0.3 is 4.42 Å². The van der Waals surface area contributed by atoms with Crippen LogP contribution in [0.2, 0.25) is 0 Å². The van der Waals surface area contributed by atoms with Crippen molar-refractivity contribution >= 4 is 9.84 Å². The number of nitriles is 1. The summed E-state index contributed by atoms with van der Waals surface area (Å²) >= 11 is 0. The summed E-state index contributed by atoms with van der Waals surface area (Å²) in [5.74, 6) is 1.07. The van der Waals surface area contributed by atoms with Crippen LogP contribution in [-0.2, 0) is 16.3 Å². The molecule has 0 aliphatic rings. The summed E-state index contributed by atoms with van der Waals surface area (Å²) in [5, 5.41) is 17.6. The topological polar surface area (TPSA) is 96.8 Å². The zero-order valence-corrected chi connectivity index (χ0v) is 15.4. The van der Waals surface area contributed by atoms with Gasteiger partial charge in [0, 0.05) is 23.5 Å². The van der Waals surface area contributed by atoms with Gasteiger partial charge in [0.15, 0.2) is 0 Å². The summed E-state index contributed by atoms with van der Waals surface area (Å²) in [6.45, 7) is 2.01. The summed E-state index contributed by atoms with van der Waals surface area (Å²) in [7, 11) is -3.59. The van der Waals surface area contributed by atoms with Gasteiger partial charge in [0.2, 0.25) is 21.6 Å². The van der Waals surface area contributed by atoms with Crippen molar-refractivity contribution in [2.45, 2.75) is 24.2 Å². The molecule has 1 aromatic heterocycles. The lowest BCUT2D eigenvalue weighted by molar-refractivity contribution is 0.487. The third kappa shape index (κ3) is 4.49. The lowest BCUT2D eigenvalue weighted by atomic mass is 9.98. The molecule has 0 saturated heterocycles. The molecule has 6 nitrogen and oxygen atoms in total. The number of aromatic nitrogens is 2. The highest BCUT2D eigenvalue weighted by Crippen LogP contribution is 2.24. The SMILES string of the molecule is CC(Cc1nnc(-c2ccccc2)o1)c1ccc(S(=O)(=O)/C=C/C#N)cc1. The molecule has 0 radical (unpaired) electrons. The fourth-order valence-corrected chi connectivity index (χ4v) is 3.51. The zero-order chi connectivity index (χ0) is 19.3. The minimum absolute atomic E-state index is 0.0699. The first-order chi connectivity index (χ1) is 13.0. The lowest BCUT2D eigenvalue weighted by Gasteiger charge is -2.10. The molecule has 0 fully saturated rings. The van der Waals surface area contributed by atoms with Gasteiger partial charge in [-0.2, -0.15) is 5.26 Å². The average molecular weight is 379 g/mol. The molecule has 3 rings (SSSR count). The minimum Gasteiger partial charge on any atom is -0.421 e. The van der Waals surface area contributed by atoms with Crippen LogP contribution in [0.25, 0.3) is 11.5 Å². The highest BCUT2D eigenvalue weighted by atomic mass is 32.2. The molecule has 136 valence electrons. The Labute approximate surface area is 157 Å². The van der Waals surface area contributed by atoms with E-state index in [4.69, 9.17) is 9.68 Å². The first-order valence-electron chi connectivity index (χ1n) is 8.28. The van der Waals surface area contributed by atoms with E-state index < -0.39 is 9.84 Å². The quantitative estimate of drug-likeness (QED) is 0.603. The maximum atomic E-state index is 12.0. The molecule has 0 spiro atoms. The molecule has 3 aromatic rings. The van der Waals surface area contributed by atoms with Crippen LogP contribution in [0.5, 0.6) is 0 Å². The molecule has 0 bridgehead atoms. The predicted octanol–water partition coefficient (Wildman–Crippen LogP) is 3.89. The van der Waals surface area contributed by atoms with Crippen molar-refractivity contribution < 1.29 is 12.8 Å². The summed E-state index contributed by atoms with van der Waals surface area (Å²) in [6.07, 6.45) is 1.49. The van der Waals surface area contributed by atoms with Gasteiger partial charge in [-0.25, -0.2) is 8.42 Å². The van der Waals surface area contributed by atoms with Crippen LogP contribution < -0.4 is 0 Å². The van der Waals surface area contributed by atoms with Crippen molar-refractivity contribution in [3.8, 4) is 17.5 Å². The smallest absolute Gasteiger partial charge is 0.247 e. The Morgan fingerprint density at radius 3 is 2.48 bits per heavy atom.